The minimum atomic E-state index is -0.764. The molecule has 0 heterocycles. The standard InChI is InChI=1S/C17H18ClN3O2.ClH/c1-23-15(13-4-2-3-5-14(13)18)17(22)21-10-11-6-8-12(9-7-11)16(19)20;/h2-9,15H,10H2,1H3,(H3,19,20)(H,21,22);1H/t15-;/m0./s1. The Hall–Kier alpha value is -2.08. The smallest absolute Gasteiger partial charge is 0.254 e. The van der Waals surface area contributed by atoms with Crippen molar-refractivity contribution >= 4 is 35.8 Å². The number of hydrogen-bond acceptors (Lipinski definition) is 3. The van der Waals surface area contributed by atoms with Crippen LogP contribution in [0, 0.1) is 5.41 Å². The number of ether oxygens (including phenoxy) is 1. The molecule has 0 radical (unpaired) electrons. The van der Waals surface area contributed by atoms with Gasteiger partial charge in [-0.05, 0) is 11.6 Å². The summed E-state index contributed by atoms with van der Waals surface area (Å²) in [6, 6.07) is 14.2. The number of carbonyl (C=O) groups is 1. The molecule has 0 fully saturated rings. The number of nitrogens with two attached hydrogens (primary N) is 1. The third-order valence-electron chi connectivity index (χ3n) is 3.39. The van der Waals surface area contributed by atoms with Crippen LogP contribution in [-0.2, 0) is 16.1 Å². The molecule has 2 aromatic carbocycles. The molecular formula is C17H19Cl2N3O2. The van der Waals surface area contributed by atoms with Crippen molar-refractivity contribution in [3.8, 4) is 0 Å². The van der Waals surface area contributed by atoms with E-state index in [-0.39, 0.29) is 24.1 Å². The van der Waals surface area contributed by atoms with Gasteiger partial charge in [-0.3, -0.25) is 10.2 Å². The van der Waals surface area contributed by atoms with Gasteiger partial charge in [0.25, 0.3) is 5.91 Å². The van der Waals surface area contributed by atoms with Crippen LogP contribution in [0.1, 0.15) is 22.8 Å². The second-order valence-corrected chi connectivity index (χ2v) is 5.37. The average Bonchev–Trinajstić information content (AvgIpc) is 2.55. The van der Waals surface area contributed by atoms with Crippen molar-refractivity contribution in [2.24, 2.45) is 5.73 Å². The monoisotopic (exact) mass is 367 g/mol. The number of hydrogen-bond donors (Lipinski definition) is 3. The Morgan fingerprint density at radius 3 is 2.42 bits per heavy atom. The Morgan fingerprint density at radius 2 is 1.88 bits per heavy atom. The number of rotatable bonds is 6. The molecular weight excluding hydrogens is 349 g/mol. The van der Waals surface area contributed by atoms with Crippen LogP contribution in [0.5, 0.6) is 0 Å². The summed E-state index contributed by atoms with van der Waals surface area (Å²) in [7, 11) is 1.47. The van der Waals surface area contributed by atoms with Gasteiger partial charge in [0, 0.05) is 29.8 Å². The lowest BCUT2D eigenvalue weighted by atomic mass is 10.1. The molecule has 2 rings (SSSR count). The van der Waals surface area contributed by atoms with E-state index in [0.29, 0.717) is 22.7 Å². The van der Waals surface area contributed by atoms with E-state index in [9.17, 15) is 4.79 Å². The van der Waals surface area contributed by atoms with Gasteiger partial charge in [0.15, 0.2) is 6.10 Å². The first-order chi connectivity index (χ1) is 11.0. The van der Waals surface area contributed by atoms with Gasteiger partial charge in [-0.15, -0.1) is 12.4 Å². The zero-order valence-corrected chi connectivity index (χ0v) is 14.7. The molecule has 7 heteroatoms. The third kappa shape index (κ3) is 4.96. The van der Waals surface area contributed by atoms with Gasteiger partial charge in [0.2, 0.25) is 0 Å². The molecule has 0 aliphatic carbocycles. The van der Waals surface area contributed by atoms with Crippen molar-refractivity contribution in [1.82, 2.24) is 5.32 Å². The molecule has 24 heavy (non-hydrogen) atoms. The molecule has 4 N–H and O–H groups in total. The lowest BCUT2D eigenvalue weighted by Crippen LogP contribution is -2.30. The first-order valence-corrected chi connectivity index (χ1v) is 7.39. The van der Waals surface area contributed by atoms with E-state index in [1.54, 1.807) is 36.4 Å². The Bertz CT molecular complexity index is 705. The molecule has 5 nitrogen and oxygen atoms in total. The molecule has 128 valence electrons. The summed E-state index contributed by atoms with van der Waals surface area (Å²) in [5.41, 5.74) is 7.58. The summed E-state index contributed by atoms with van der Waals surface area (Å²) < 4.78 is 5.28. The zero-order valence-electron chi connectivity index (χ0n) is 13.1. The summed E-state index contributed by atoms with van der Waals surface area (Å²) in [5.74, 6) is -0.255. The molecule has 1 amide bonds. The lowest BCUT2D eigenvalue weighted by molar-refractivity contribution is -0.131. The highest BCUT2D eigenvalue weighted by Gasteiger charge is 2.21. The Morgan fingerprint density at radius 1 is 1.25 bits per heavy atom. The Balaban J connectivity index is 0.00000288. The maximum Gasteiger partial charge on any atom is 0.254 e. The maximum atomic E-state index is 12.3. The van der Waals surface area contributed by atoms with E-state index >= 15 is 0 Å². The quantitative estimate of drug-likeness (QED) is 0.541. The van der Waals surface area contributed by atoms with Crippen LogP contribution in [0.2, 0.25) is 5.02 Å². The fourth-order valence-corrected chi connectivity index (χ4v) is 2.38. The third-order valence-corrected chi connectivity index (χ3v) is 3.74. The van der Waals surface area contributed by atoms with Gasteiger partial charge >= 0.3 is 0 Å². The topological polar surface area (TPSA) is 88.2 Å². The number of amides is 1. The van der Waals surface area contributed by atoms with Crippen LogP contribution >= 0.6 is 24.0 Å². The van der Waals surface area contributed by atoms with E-state index in [2.05, 4.69) is 5.32 Å². The largest absolute Gasteiger partial charge is 0.384 e. The molecule has 0 aromatic heterocycles. The molecule has 0 unspecified atom stereocenters. The molecule has 1 atom stereocenters. The van der Waals surface area contributed by atoms with Crippen LogP contribution in [0.4, 0.5) is 0 Å². The molecule has 0 aliphatic heterocycles. The molecule has 0 spiro atoms. The average molecular weight is 368 g/mol. The number of nitrogens with one attached hydrogen (secondary N) is 2. The fraction of sp³-hybridized carbons (Fsp3) is 0.176. The second kappa shape index (κ2) is 9.27. The highest BCUT2D eigenvalue weighted by molar-refractivity contribution is 6.31. The second-order valence-electron chi connectivity index (χ2n) is 4.97. The van der Waals surface area contributed by atoms with Crippen LogP contribution in [0.15, 0.2) is 48.5 Å². The summed E-state index contributed by atoms with van der Waals surface area (Å²) >= 11 is 6.11. The van der Waals surface area contributed by atoms with Gasteiger partial charge in [-0.2, -0.15) is 0 Å². The highest BCUT2D eigenvalue weighted by atomic mass is 35.5. The summed E-state index contributed by atoms with van der Waals surface area (Å²) in [4.78, 5) is 12.3. The number of amidine groups is 1. The normalized spacial score (nSPS) is 11.2. The Kier molecular flexibility index (Phi) is 7.71. The van der Waals surface area contributed by atoms with Crippen LogP contribution in [0.3, 0.4) is 0 Å². The Labute approximate surface area is 152 Å². The number of halogens is 2. The summed E-state index contributed by atoms with van der Waals surface area (Å²) in [6.07, 6.45) is -0.764. The van der Waals surface area contributed by atoms with Crippen LogP contribution in [-0.4, -0.2) is 18.9 Å². The van der Waals surface area contributed by atoms with Crippen molar-refractivity contribution in [3.63, 3.8) is 0 Å². The zero-order chi connectivity index (χ0) is 16.8. The van der Waals surface area contributed by atoms with E-state index in [1.165, 1.54) is 7.11 Å². The molecule has 0 saturated heterocycles. The molecule has 0 bridgehead atoms. The minimum absolute atomic E-state index is 0. The van der Waals surface area contributed by atoms with Gasteiger partial charge in [0.1, 0.15) is 5.84 Å². The number of benzene rings is 2. The predicted molar refractivity (Wildman–Crippen MR) is 97.8 cm³/mol. The predicted octanol–water partition coefficient (Wildman–Crippen LogP) is 3.05. The number of methoxy groups -OCH3 is 1. The van der Waals surface area contributed by atoms with Gasteiger partial charge in [-0.1, -0.05) is 54.1 Å². The van der Waals surface area contributed by atoms with Crippen molar-refractivity contribution in [1.29, 1.82) is 5.41 Å². The van der Waals surface area contributed by atoms with Gasteiger partial charge in [0.05, 0.1) is 0 Å². The lowest BCUT2D eigenvalue weighted by Gasteiger charge is -2.17. The highest BCUT2D eigenvalue weighted by Crippen LogP contribution is 2.25. The maximum absolute atomic E-state index is 12.3. The van der Waals surface area contributed by atoms with Crippen LogP contribution in [0.25, 0.3) is 0 Å². The van der Waals surface area contributed by atoms with E-state index in [4.69, 9.17) is 27.5 Å². The summed E-state index contributed by atoms with van der Waals surface area (Å²) in [5, 5.41) is 10.7. The van der Waals surface area contributed by atoms with Crippen molar-refractivity contribution in [2.75, 3.05) is 7.11 Å². The van der Waals surface area contributed by atoms with Crippen LogP contribution < -0.4 is 11.1 Å². The van der Waals surface area contributed by atoms with Crippen molar-refractivity contribution < 1.29 is 9.53 Å². The molecule has 0 aliphatic rings. The number of nitrogen functional groups attached to an aromatic ring is 1. The fourth-order valence-electron chi connectivity index (χ4n) is 2.15. The van der Waals surface area contributed by atoms with E-state index in [0.717, 1.165) is 5.56 Å². The van der Waals surface area contributed by atoms with Crippen molar-refractivity contribution in [2.45, 2.75) is 12.6 Å². The first kappa shape index (κ1) is 20.0. The van der Waals surface area contributed by atoms with Crippen molar-refractivity contribution in [3.05, 3.63) is 70.2 Å². The minimum Gasteiger partial charge on any atom is -0.384 e. The first-order valence-electron chi connectivity index (χ1n) is 7.01. The molecule has 0 saturated carbocycles. The van der Waals surface area contributed by atoms with E-state index < -0.39 is 6.10 Å². The summed E-state index contributed by atoms with van der Waals surface area (Å²) in [6.45, 7) is 0.349. The SMILES string of the molecule is CO[C@H](C(=O)NCc1ccc(C(=N)N)cc1)c1ccccc1Cl.Cl. The molecule has 2 aromatic rings. The van der Waals surface area contributed by atoms with Gasteiger partial charge in [-0.25, -0.2) is 0 Å². The van der Waals surface area contributed by atoms with E-state index in [1.807, 2.05) is 12.1 Å². The van der Waals surface area contributed by atoms with Gasteiger partial charge < -0.3 is 15.8 Å². The number of carbonyl (C=O) groups excluding carboxylic acids is 1.